The van der Waals surface area contributed by atoms with Crippen LogP contribution >= 0.6 is 0 Å². The van der Waals surface area contributed by atoms with E-state index in [0.29, 0.717) is 4.57 Å². The number of hydrogen-bond acceptors (Lipinski definition) is 9. The fourth-order valence-electron chi connectivity index (χ4n) is 2.94. The molecular weight excluding hydrogens is 475 g/mol. The molecule has 1 heterocycles. The van der Waals surface area contributed by atoms with Gasteiger partial charge in [-0.3, -0.25) is 34.4 Å². The summed E-state index contributed by atoms with van der Waals surface area (Å²) in [6.07, 6.45) is 0. The van der Waals surface area contributed by atoms with E-state index in [-0.39, 0.29) is 58.9 Å². The van der Waals surface area contributed by atoms with Gasteiger partial charge >= 0.3 is 35.5 Å². The number of non-ortho nitro benzene ring substituents is 2. The molecule has 0 radical (unpaired) electrons. The minimum absolute atomic E-state index is 0. The monoisotopic (exact) mass is 490 g/mol. The van der Waals surface area contributed by atoms with Crippen molar-refractivity contribution in [3.63, 3.8) is 0 Å². The molecule has 3 rings (SSSR count). The summed E-state index contributed by atoms with van der Waals surface area (Å²) in [6, 6.07) is 9.88. The number of anilines is 1. The first-order chi connectivity index (χ1) is 16.1. The Balaban J connectivity index is 0.00000432. The number of ether oxygens (including phenoxy) is 1. The van der Waals surface area contributed by atoms with Crippen LogP contribution in [0, 0.1) is 20.2 Å². The van der Waals surface area contributed by atoms with Gasteiger partial charge in [-0.2, -0.15) is 0 Å². The van der Waals surface area contributed by atoms with Gasteiger partial charge in [-0.1, -0.05) is 0 Å². The molecule has 0 fully saturated rings. The summed E-state index contributed by atoms with van der Waals surface area (Å²) >= 11 is 0. The SMILES string of the molecule is CCOC(=O)c1cc(C(=O)Nc2ccc([N+](=O)[O-])cc2)c(=O)n(-c2ccc([N+](=O)[O-])cc2)c1[O-].[Na+]. The second-order valence-corrected chi connectivity index (χ2v) is 6.67. The Hall–Kier alpha value is -4.07. The first-order valence-corrected chi connectivity index (χ1v) is 9.58. The summed E-state index contributed by atoms with van der Waals surface area (Å²) in [7, 11) is 0. The van der Waals surface area contributed by atoms with Crippen LogP contribution < -0.4 is 45.5 Å². The second-order valence-electron chi connectivity index (χ2n) is 6.67. The van der Waals surface area contributed by atoms with E-state index < -0.39 is 44.3 Å². The quantitative estimate of drug-likeness (QED) is 0.191. The number of rotatable bonds is 7. The zero-order valence-electron chi connectivity index (χ0n) is 18.4. The zero-order valence-corrected chi connectivity index (χ0v) is 20.4. The number of esters is 1. The van der Waals surface area contributed by atoms with Gasteiger partial charge in [0, 0.05) is 35.6 Å². The van der Waals surface area contributed by atoms with Crippen molar-refractivity contribution in [2.24, 2.45) is 0 Å². The number of nitro benzene ring substituents is 2. The molecule has 0 bridgehead atoms. The van der Waals surface area contributed by atoms with Gasteiger partial charge in [0.05, 0.1) is 22.0 Å². The van der Waals surface area contributed by atoms with E-state index in [2.05, 4.69) is 5.32 Å². The van der Waals surface area contributed by atoms with Gasteiger partial charge in [0.15, 0.2) is 0 Å². The van der Waals surface area contributed by atoms with Crippen LogP contribution in [-0.4, -0.2) is 32.9 Å². The fraction of sp³-hybridized carbons (Fsp3) is 0.0952. The van der Waals surface area contributed by atoms with Crippen LogP contribution in [0.2, 0.25) is 0 Å². The number of carbonyl (C=O) groups is 2. The molecule has 174 valence electrons. The topological polar surface area (TPSA) is 187 Å². The smallest absolute Gasteiger partial charge is 0.859 e. The summed E-state index contributed by atoms with van der Waals surface area (Å²) in [4.78, 5) is 58.6. The van der Waals surface area contributed by atoms with Gasteiger partial charge in [0.1, 0.15) is 5.56 Å². The molecule has 0 aliphatic carbocycles. The minimum atomic E-state index is -1.09. The van der Waals surface area contributed by atoms with Crippen molar-refractivity contribution < 1.29 is 58.8 Å². The number of carbonyl (C=O) groups excluding carboxylic acids is 2. The van der Waals surface area contributed by atoms with Crippen molar-refractivity contribution in [1.82, 2.24) is 4.57 Å². The van der Waals surface area contributed by atoms with Crippen molar-refractivity contribution in [1.29, 1.82) is 0 Å². The van der Waals surface area contributed by atoms with Gasteiger partial charge in [-0.15, -0.1) is 0 Å². The Bertz CT molecular complexity index is 1350. The molecule has 0 saturated heterocycles. The van der Waals surface area contributed by atoms with E-state index in [1.54, 1.807) is 0 Å². The number of nitrogens with one attached hydrogen (secondary N) is 1. The van der Waals surface area contributed by atoms with Crippen LogP contribution in [0.15, 0.2) is 59.4 Å². The summed E-state index contributed by atoms with van der Waals surface area (Å²) in [5, 5.41) is 36.9. The molecule has 1 amide bonds. The van der Waals surface area contributed by atoms with Gasteiger partial charge in [0.2, 0.25) is 0 Å². The Morgan fingerprint density at radius 3 is 1.94 bits per heavy atom. The third kappa shape index (κ3) is 5.90. The molecule has 3 aromatic rings. The van der Waals surface area contributed by atoms with Gasteiger partial charge in [-0.25, -0.2) is 4.79 Å². The second kappa shape index (κ2) is 11.4. The van der Waals surface area contributed by atoms with E-state index in [0.717, 1.165) is 42.5 Å². The number of nitrogens with zero attached hydrogens (tertiary/aromatic N) is 3. The standard InChI is InChI=1S/C21H16N4O9.Na/c1-2-34-21(29)17-11-16(18(26)22-12-3-5-14(6-4-12)24(30)31)19(27)23(20(17)28)13-7-9-15(10-8-13)25(32)33;/h3-11,28H,2H2,1H3,(H,22,26);/q;+1/p-1. The maximum absolute atomic E-state index is 13.0. The average molecular weight is 490 g/mol. The summed E-state index contributed by atoms with van der Waals surface area (Å²) in [5.74, 6) is -3.16. The summed E-state index contributed by atoms with van der Waals surface area (Å²) < 4.78 is 5.37. The zero-order chi connectivity index (χ0) is 25.0. The fourth-order valence-corrected chi connectivity index (χ4v) is 2.94. The molecule has 0 spiro atoms. The van der Waals surface area contributed by atoms with E-state index in [1.807, 2.05) is 0 Å². The van der Waals surface area contributed by atoms with E-state index >= 15 is 0 Å². The van der Waals surface area contributed by atoms with Gasteiger partial charge in [-0.05, 0) is 43.1 Å². The van der Waals surface area contributed by atoms with Crippen molar-refractivity contribution in [2.45, 2.75) is 6.92 Å². The van der Waals surface area contributed by atoms with Crippen LogP contribution in [-0.2, 0) is 4.74 Å². The molecular formula is C21H15N4NaO9. The number of nitro groups is 2. The maximum Gasteiger partial charge on any atom is 1.00 e. The van der Waals surface area contributed by atoms with Crippen molar-refractivity contribution >= 4 is 28.9 Å². The Labute approximate surface area is 218 Å². The molecule has 0 aliphatic heterocycles. The van der Waals surface area contributed by atoms with Crippen molar-refractivity contribution in [2.75, 3.05) is 11.9 Å². The average Bonchev–Trinajstić information content (AvgIpc) is 2.80. The summed E-state index contributed by atoms with van der Waals surface area (Å²) in [6.45, 7) is 1.41. The molecule has 0 unspecified atom stereocenters. The van der Waals surface area contributed by atoms with E-state index in [9.17, 15) is 39.7 Å². The molecule has 1 aromatic heterocycles. The number of pyridine rings is 1. The number of hydrogen-bond donors (Lipinski definition) is 1. The largest absolute Gasteiger partial charge is 1.00 e. The number of aromatic nitrogens is 1. The minimum Gasteiger partial charge on any atom is -0.859 e. The number of amides is 1. The van der Waals surface area contributed by atoms with E-state index in [4.69, 9.17) is 4.74 Å². The maximum atomic E-state index is 13.0. The van der Waals surface area contributed by atoms with Crippen molar-refractivity contribution in [3.8, 4) is 11.6 Å². The first-order valence-electron chi connectivity index (χ1n) is 9.58. The molecule has 1 N–H and O–H groups in total. The molecule has 2 aromatic carbocycles. The van der Waals surface area contributed by atoms with Crippen LogP contribution in [0.3, 0.4) is 0 Å². The van der Waals surface area contributed by atoms with Gasteiger partial charge < -0.3 is 15.2 Å². The number of benzene rings is 2. The Kier molecular flexibility index (Phi) is 8.83. The van der Waals surface area contributed by atoms with Gasteiger partial charge in [0.25, 0.3) is 22.8 Å². The third-order valence-corrected chi connectivity index (χ3v) is 4.55. The van der Waals surface area contributed by atoms with Crippen LogP contribution in [0.5, 0.6) is 5.88 Å². The van der Waals surface area contributed by atoms with E-state index in [1.165, 1.54) is 19.1 Å². The Morgan fingerprint density at radius 2 is 1.46 bits per heavy atom. The third-order valence-electron chi connectivity index (χ3n) is 4.55. The predicted molar refractivity (Wildman–Crippen MR) is 115 cm³/mol. The molecule has 0 atom stereocenters. The normalized spacial score (nSPS) is 10.1. The molecule has 13 nitrogen and oxygen atoms in total. The first kappa shape index (κ1) is 27.2. The van der Waals surface area contributed by atoms with Crippen LogP contribution in [0.1, 0.15) is 27.6 Å². The molecule has 0 saturated carbocycles. The molecule has 14 heteroatoms. The summed E-state index contributed by atoms with van der Waals surface area (Å²) in [5.41, 5.74) is -2.82. The Morgan fingerprint density at radius 1 is 0.943 bits per heavy atom. The van der Waals surface area contributed by atoms with Crippen LogP contribution in [0.25, 0.3) is 5.69 Å². The predicted octanol–water partition coefficient (Wildman–Crippen LogP) is -0.839. The van der Waals surface area contributed by atoms with Crippen molar-refractivity contribution in [3.05, 3.63) is 96.3 Å². The molecule has 0 aliphatic rings. The molecule has 35 heavy (non-hydrogen) atoms. The van der Waals surface area contributed by atoms with Crippen LogP contribution in [0.4, 0.5) is 17.1 Å².